The number of pyridine rings is 1. The Morgan fingerprint density at radius 1 is 1.19 bits per heavy atom. The van der Waals surface area contributed by atoms with Gasteiger partial charge in [0.1, 0.15) is 12.4 Å². The van der Waals surface area contributed by atoms with Crippen LogP contribution < -0.4 is 15.8 Å². The van der Waals surface area contributed by atoms with E-state index in [4.69, 9.17) is 4.74 Å². The quantitative estimate of drug-likeness (QED) is 0.652. The Bertz CT molecular complexity index is 1250. The van der Waals surface area contributed by atoms with Gasteiger partial charge in [0.2, 0.25) is 11.9 Å². The van der Waals surface area contributed by atoms with Crippen molar-refractivity contribution < 1.29 is 9.53 Å². The molecule has 0 unspecified atom stereocenters. The van der Waals surface area contributed by atoms with Gasteiger partial charge in [-0.2, -0.15) is 15.0 Å². The fraction of sp³-hybridized carbons (Fsp3) is 0.409. The molecule has 1 aromatic carbocycles. The van der Waals surface area contributed by atoms with Gasteiger partial charge >= 0.3 is 6.09 Å². The molecule has 1 saturated heterocycles. The molecule has 9 nitrogen and oxygen atoms in total. The van der Waals surface area contributed by atoms with Crippen LogP contribution in [0.4, 0.5) is 16.7 Å². The van der Waals surface area contributed by atoms with Gasteiger partial charge < -0.3 is 15.0 Å². The summed E-state index contributed by atoms with van der Waals surface area (Å²) in [7, 11) is 0. The van der Waals surface area contributed by atoms with E-state index in [2.05, 4.69) is 31.3 Å². The van der Waals surface area contributed by atoms with Crippen molar-refractivity contribution in [3.8, 4) is 0 Å². The van der Waals surface area contributed by atoms with Crippen LogP contribution in [0.15, 0.2) is 29.1 Å². The number of nitrogens with zero attached hydrogens (tertiary/aromatic N) is 4. The number of ether oxygens (including phenoxy) is 1. The summed E-state index contributed by atoms with van der Waals surface area (Å²) in [5.74, 6) is 1.10. The molecule has 1 aliphatic carbocycles. The molecular weight excluding hydrogens is 396 g/mol. The summed E-state index contributed by atoms with van der Waals surface area (Å²) in [6, 6.07) is 7.79. The molecule has 3 aromatic rings. The molecule has 9 heteroatoms. The predicted octanol–water partition coefficient (Wildman–Crippen LogP) is 3.17. The van der Waals surface area contributed by atoms with E-state index < -0.39 is 11.6 Å². The van der Waals surface area contributed by atoms with Crippen LogP contribution in [0.3, 0.4) is 0 Å². The molecule has 3 heterocycles. The zero-order chi connectivity index (χ0) is 21.8. The van der Waals surface area contributed by atoms with E-state index in [0.717, 1.165) is 35.7 Å². The zero-order valence-corrected chi connectivity index (χ0v) is 17.7. The second-order valence-electron chi connectivity index (χ2n) is 8.33. The van der Waals surface area contributed by atoms with Gasteiger partial charge in [0.25, 0.3) is 5.56 Å². The van der Waals surface area contributed by atoms with E-state index in [1.807, 2.05) is 32.0 Å². The van der Waals surface area contributed by atoms with Crippen molar-refractivity contribution >= 4 is 28.9 Å². The first kappa shape index (κ1) is 19.5. The van der Waals surface area contributed by atoms with Crippen LogP contribution in [0.5, 0.6) is 0 Å². The lowest BCUT2D eigenvalue weighted by Crippen LogP contribution is -2.35. The SMILES string of the molecule is CC[C@H]1COC(=O)N1c1nc(C)nc(NC2(c3cc4cc(C)ccc4[nH]c3=O)CC2)n1. The Labute approximate surface area is 178 Å². The Morgan fingerprint density at radius 3 is 2.74 bits per heavy atom. The molecule has 5 rings (SSSR count). The van der Waals surface area contributed by atoms with Gasteiger partial charge in [-0.05, 0) is 56.7 Å². The van der Waals surface area contributed by atoms with Crippen molar-refractivity contribution in [1.29, 1.82) is 0 Å². The van der Waals surface area contributed by atoms with Crippen molar-refractivity contribution in [2.45, 2.75) is 51.6 Å². The number of hydrogen-bond donors (Lipinski definition) is 2. The number of aromatic nitrogens is 4. The first-order chi connectivity index (χ1) is 14.9. The van der Waals surface area contributed by atoms with E-state index >= 15 is 0 Å². The minimum atomic E-state index is -0.535. The highest BCUT2D eigenvalue weighted by Gasteiger charge is 2.47. The van der Waals surface area contributed by atoms with Gasteiger partial charge in [-0.1, -0.05) is 18.6 Å². The number of hydrogen-bond acceptors (Lipinski definition) is 7. The lowest BCUT2D eigenvalue weighted by Gasteiger charge is -2.21. The number of carbonyl (C=O) groups excluding carboxylic acids is 1. The molecule has 2 aromatic heterocycles. The van der Waals surface area contributed by atoms with Crippen LogP contribution in [-0.4, -0.2) is 38.7 Å². The number of aryl methyl sites for hydroxylation is 2. The number of fused-ring (bicyclic) bond motifs is 1. The van der Waals surface area contributed by atoms with Gasteiger partial charge in [-0.3, -0.25) is 4.79 Å². The number of carbonyl (C=O) groups is 1. The number of H-pyrrole nitrogens is 1. The number of aromatic amines is 1. The fourth-order valence-corrected chi connectivity index (χ4v) is 4.12. The predicted molar refractivity (Wildman–Crippen MR) is 116 cm³/mol. The summed E-state index contributed by atoms with van der Waals surface area (Å²) in [5.41, 5.74) is 1.95. The molecule has 2 fully saturated rings. The van der Waals surface area contributed by atoms with Crippen molar-refractivity contribution in [3.63, 3.8) is 0 Å². The maximum atomic E-state index is 12.8. The van der Waals surface area contributed by atoms with Crippen LogP contribution in [0, 0.1) is 13.8 Å². The molecule has 2 N–H and O–H groups in total. The highest BCUT2D eigenvalue weighted by atomic mass is 16.6. The van der Waals surface area contributed by atoms with Gasteiger partial charge in [-0.15, -0.1) is 0 Å². The molecule has 31 heavy (non-hydrogen) atoms. The van der Waals surface area contributed by atoms with Crippen LogP contribution in [0.25, 0.3) is 10.9 Å². The number of cyclic esters (lactones) is 1. The first-order valence-electron chi connectivity index (χ1n) is 10.5. The average molecular weight is 420 g/mol. The fourth-order valence-electron chi connectivity index (χ4n) is 4.12. The van der Waals surface area contributed by atoms with E-state index in [0.29, 0.717) is 23.9 Å². The third-order valence-electron chi connectivity index (χ3n) is 6.00. The standard InChI is InChI=1S/C22H24N6O3/c1-4-15-11-31-21(30)28(15)20-24-13(3)23-19(26-20)27-22(7-8-22)16-10-14-9-12(2)5-6-17(14)25-18(16)29/h5-6,9-10,15H,4,7-8,11H2,1-3H3,(H,25,29)(H,23,24,26,27)/t15-/m0/s1. The van der Waals surface area contributed by atoms with Crippen molar-refractivity contribution in [3.05, 3.63) is 51.6 Å². The van der Waals surface area contributed by atoms with Crippen LogP contribution >= 0.6 is 0 Å². The molecule has 160 valence electrons. The minimum absolute atomic E-state index is 0.108. The van der Waals surface area contributed by atoms with Crippen LogP contribution in [0.1, 0.15) is 43.1 Å². The summed E-state index contributed by atoms with van der Waals surface area (Å²) in [5, 5.41) is 4.34. The highest BCUT2D eigenvalue weighted by molar-refractivity contribution is 5.88. The monoisotopic (exact) mass is 420 g/mol. The second kappa shape index (κ2) is 7.04. The van der Waals surface area contributed by atoms with E-state index in [1.165, 1.54) is 4.90 Å². The molecule has 1 saturated carbocycles. The normalized spacial score (nSPS) is 19.5. The minimum Gasteiger partial charge on any atom is -0.447 e. The van der Waals surface area contributed by atoms with Gasteiger partial charge in [0.05, 0.1) is 11.6 Å². The number of nitrogens with one attached hydrogen (secondary N) is 2. The Kier molecular flexibility index (Phi) is 4.42. The van der Waals surface area contributed by atoms with Crippen molar-refractivity contribution in [2.75, 3.05) is 16.8 Å². The summed E-state index contributed by atoms with van der Waals surface area (Å²) in [6.07, 6.45) is 1.86. The number of amides is 1. The first-order valence-corrected chi connectivity index (χ1v) is 10.5. The largest absolute Gasteiger partial charge is 0.447 e. The second-order valence-corrected chi connectivity index (χ2v) is 8.33. The van der Waals surface area contributed by atoms with Gasteiger partial charge in [0, 0.05) is 11.1 Å². The third-order valence-corrected chi connectivity index (χ3v) is 6.00. The average Bonchev–Trinajstić information content (AvgIpc) is 3.40. The number of rotatable bonds is 5. The maximum Gasteiger partial charge on any atom is 0.417 e. The lowest BCUT2D eigenvalue weighted by atomic mass is 10.0. The molecule has 0 radical (unpaired) electrons. The summed E-state index contributed by atoms with van der Waals surface area (Å²) < 4.78 is 5.17. The summed E-state index contributed by atoms with van der Waals surface area (Å²) >= 11 is 0. The smallest absolute Gasteiger partial charge is 0.417 e. The van der Waals surface area contributed by atoms with Crippen molar-refractivity contribution in [1.82, 2.24) is 19.9 Å². The van der Waals surface area contributed by atoms with Gasteiger partial charge in [0.15, 0.2) is 0 Å². The Hall–Kier alpha value is -3.49. The molecule has 1 amide bonds. The summed E-state index contributed by atoms with van der Waals surface area (Å²) in [4.78, 5) is 42.8. The molecule has 0 bridgehead atoms. The van der Waals surface area contributed by atoms with Crippen LogP contribution in [-0.2, 0) is 10.3 Å². The van der Waals surface area contributed by atoms with Gasteiger partial charge in [-0.25, -0.2) is 9.69 Å². The van der Waals surface area contributed by atoms with E-state index in [9.17, 15) is 9.59 Å². The molecule has 0 spiro atoms. The highest BCUT2D eigenvalue weighted by Crippen LogP contribution is 2.47. The number of benzene rings is 1. The molecule has 1 atom stereocenters. The third kappa shape index (κ3) is 3.39. The van der Waals surface area contributed by atoms with E-state index in [1.54, 1.807) is 6.92 Å². The van der Waals surface area contributed by atoms with E-state index in [-0.39, 0.29) is 17.5 Å². The summed E-state index contributed by atoms with van der Waals surface area (Å²) in [6.45, 7) is 6.08. The van der Waals surface area contributed by atoms with Crippen molar-refractivity contribution in [2.24, 2.45) is 0 Å². The Morgan fingerprint density at radius 2 is 2.00 bits per heavy atom. The zero-order valence-electron chi connectivity index (χ0n) is 17.7. The topological polar surface area (TPSA) is 113 Å². The molecular formula is C22H24N6O3. The maximum absolute atomic E-state index is 12.8. The lowest BCUT2D eigenvalue weighted by molar-refractivity contribution is 0.178. The molecule has 2 aliphatic rings. The number of anilines is 2. The Balaban J connectivity index is 1.51. The molecule has 1 aliphatic heterocycles. The van der Waals surface area contributed by atoms with Crippen LogP contribution in [0.2, 0.25) is 0 Å².